The third-order valence-corrected chi connectivity index (χ3v) is 7.44. The quantitative estimate of drug-likeness (QED) is 0.352. The molecule has 1 nitrogen and oxygen atoms in total. The van der Waals surface area contributed by atoms with Gasteiger partial charge in [-0.1, -0.05) is 68.4 Å². The summed E-state index contributed by atoms with van der Waals surface area (Å²) in [6, 6.07) is 26.9. The monoisotopic (exact) mass is 417 g/mol. The Bertz CT molecular complexity index is 1310. The third-order valence-electron chi connectivity index (χ3n) is 7.44. The van der Waals surface area contributed by atoms with Gasteiger partial charge in [-0.15, -0.1) is 0 Å². The molecular formula is C31H31N. The average Bonchev–Trinajstić information content (AvgIpc) is 3.03. The summed E-state index contributed by atoms with van der Waals surface area (Å²) in [5, 5.41) is 3.67. The summed E-state index contributed by atoms with van der Waals surface area (Å²) in [4.78, 5) is 0. The Hall–Kier alpha value is -3.32. The zero-order valence-corrected chi connectivity index (χ0v) is 19.9. The molecule has 160 valence electrons. The van der Waals surface area contributed by atoms with E-state index in [2.05, 4.69) is 120 Å². The molecule has 0 atom stereocenters. The number of aryl methyl sites for hydroxylation is 2. The van der Waals surface area contributed by atoms with Crippen LogP contribution in [0.4, 0.5) is 11.4 Å². The van der Waals surface area contributed by atoms with E-state index < -0.39 is 0 Å². The second kappa shape index (κ2) is 7.38. The molecule has 1 heteroatoms. The molecule has 0 saturated carbocycles. The molecule has 5 rings (SSSR count). The number of rotatable bonds is 3. The van der Waals surface area contributed by atoms with Crippen molar-refractivity contribution in [1.82, 2.24) is 0 Å². The van der Waals surface area contributed by atoms with Crippen molar-refractivity contribution in [1.29, 1.82) is 0 Å². The fourth-order valence-corrected chi connectivity index (χ4v) is 5.18. The van der Waals surface area contributed by atoms with Gasteiger partial charge in [-0.05, 0) is 102 Å². The number of nitrogens with one attached hydrogen (secondary N) is 1. The van der Waals surface area contributed by atoms with E-state index in [0.717, 1.165) is 5.69 Å². The van der Waals surface area contributed by atoms with Crippen molar-refractivity contribution in [2.45, 2.75) is 47.0 Å². The molecule has 1 aliphatic rings. The average molecular weight is 418 g/mol. The standard InChI is InChI=1S/C31H31N/c1-19-17-20(2)22(4)30(21(19)3)32-25-14-11-23(12-15-25)24-13-16-27-26-9-7-8-10-28(26)31(5,6)29(27)18-24/h7-18,32H,1-6H3. The highest BCUT2D eigenvalue weighted by Crippen LogP contribution is 2.49. The molecule has 0 unspecified atom stereocenters. The zero-order chi connectivity index (χ0) is 22.6. The molecule has 32 heavy (non-hydrogen) atoms. The molecule has 0 aromatic heterocycles. The summed E-state index contributed by atoms with van der Waals surface area (Å²) < 4.78 is 0. The lowest BCUT2D eigenvalue weighted by atomic mass is 9.81. The minimum atomic E-state index is 0.0293. The summed E-state index contributed by atoms with van der Waals surface area (Å²) in [5.41, 5.74) is 15.8. The van der Waals surface area contributed by atoms with Crippen LogP contribution in [0.25, 0.3) is 22.3 Å². The van der Waals surface area contributed by atoms with E-state index in [4.69, 9.17) is 0 Å². The molecular weight excluding hydrogens is 386 g/mol. The van der Waals surface area contributed by atoms with Gasteiger partial charge >= 0.3 is 0 Å². The van der Waals surface area contributed by atoms with Gasteiger partial charge in [0.15, 0.2) is 0 Å². The van der Waals surface area contributed by atoms with Gasteiger partial charge in [0.25, 0.3) is 0 Å². The highest BCUT2D eigenvalue weighted by atomic mass is 14.9. The molecule has 0 saturated heterocycles. The molecule has 4 aromatic rings. The Labute approximate surface area is 192 Å². The van der Waals surface area contributed by atoms with Crippen molar-refractivity contribution in [2.75, 3.05) is 5.32 Å². The Morgan fingerprint density at radius 1 is 0.594 bits per heavy atom. The Morgan fingerprint density at radius 2 is 1.19 bits per heavy atom. The molecule has 0 bridgehead atoms. The van der Waals surface area contributed by atoms with Crippen molar-refractivity contribution in [3.05, 3.63) is 106 Å². The van der Waals surface area contributed by atoms with Gasteiger partial charge < -0.3 is 5.32 Å². The summed E-state index contributed by atoms with van der Waals surface area (Å²) in [7, 11) is 0. The summed E-state index contributed by atoms with van der Waals surface area (Å²) >= 11 is 0. The lowest BCUT2D eigenvalue weighted by Crippen LogP contribution is -2.14. The van der Waals surface area contributed by atoms with Crippen LogP contribution in [-0.4, -0.2) is 0 Å². The third kappa shape index (κ3) is 3.15. The van der Waals surface area contributed by atoms with Crippen LogP contribution in [0.3, 0.4) is 0 Å². The zero-order valence-electron chi connectivity index (χ0n) is 19.9. The van der Waals surface area contributed by atoms with E-state index in [-0.39, 0.29) is 5.41 Å². The van der Waals surface area contributed by atoms with Gasteiger partial charge in [-0.25, -0.2) is 0 Å². The summed E-state index contributed by atoms with van der Waals surface area (Å²) in [6.45, 7) is 13.4. The van der Waals surface area contributed by atoms with Crippen molar-refractivity contribution >= 4 is 11.4 Å². The number of benzene rings is 4. The van der Waals surface area contributed by atoms with E-state index in [1.165, 1.54) is 61.3 Å². The van der Waals surface area contributed by atoms with Crippen LogP contribution in [0.1, 0.15) is 47.2 Å². The normalized spacial score (nSPS) is 13.6. The molecule has 0 spiro atoms. The maximum Gasteiger partial charge on any atom is 0.0448 e. The fourth-order valence-electron chi connectivity index (χ4n) is 5.18. The fraction of sp³-hybridized carbons (Fsp3) is 0.226. The summed E-state index contributed by atoms with van der Waals surface area (Å²) in [6.07, 6.45) is 0. The Balaban J connectivity index is 1.47. The Morgan fingerprint density at radius 3 is 1.88 bits per heavy atom. The second-order valence-corrected chi connectivity index (χ2v) is 9.77. The first-order chi connectivity index (χ1) is 15.3. The number of hydrogen-bond donors (Lipinski definition) is 1. The van der Waals surface area contributed by atoms with E-state index in [9.17, 15) is 0 Å². The summed E-state index contributed by atoms with van der Waals surface area (Å²) in [5.74, 6) is 0. The molecule has 0 aliphatic heterocycles. The van der Waals surface area contributed by atoms with Crippen LogP contribution < -0.4 is 5.32 Å². The first-order valence-corrected chi connectivity index (χ1v) is 11.5. The van der Waals surface area contributed by atoms with Crippen LogP contribution in [0.2, 0.25) is 0 Å². The van der Waals surface area contributed by atoms with Gasteiger partial charge in [-0.3, -0.25) is 0 Å². The first kappa shape index (κ1) is 20.6. The van der Waals surface area contributed by atoms with Crippen LogP contribution in [0.15, 0.2) is 72.8 Å². The molecule has 0 fully saturated rings. The minimum Gasteiger partial charge on any atom is -0.355 e. The predicted molar refractivity (Wildman–Crippen MR) is 138 cm³/mol. The van der Waals surface area contributed by atoms with Gasteiger partial charge in [0, 0.05) is 16.8 Å². The molecule has 0 amide bonds. The van der Waals surface area contributed by atoms with Crippen LogP contribution in [0.5, 0.6) is 0 Å². The molecule has 4 aromatic carbocycles. The molecule has 1 N–H and O–H groups in total. The lowest BCUT2D eigenvalue weighted by Gasteiger charge is -2.22. The molecule has 0 heterocycles. The first-order valence-electron chi connectivity index (χ1n) is 11.5. The number of fused-ring (bicyclic) bond motifs is 3. The largest absolute Gasteiger partial charge is 0.355 e. The highest BCUT2D eigenvalue weighted by Gasteiger charge is 2.35. The highest BCUT2D eigenvalue weighted by molar-refractivity contribution is 5.83. The van der Waals surface area contributed by atoms with Gasteiger partial charge in [0.05, 0.1) is 0 Å². The lowest BCUT2D eigenvalue weighted by molar-refractivity contribution is 0.660. The van der Waals surface area contributed by atoms with E-state index >= 15 is 0 Å². The van der Waals surface area contributed by atoms with Gasteiger partial charge in [-0.2, -0.15) is 0 Å². The van der Waals surface area contributed by atoms with Crippen molar-refractivity contribution in [3.63, 3.8) is 0 Å². The van der Waals surface area contributed by atoms with E-state index in [1.54, 1.807) is 0 Å². The van der Waals surface area contributed by atoms with E-state index in [1.807, 2.05) is 0 Å². The van der Waals surface area contributed by atoms with Gasteiger partial charge in [0.2, 0.25) is 0 Å². The number of anilines is 2. The van der Waals surface area contributed by atoms with Crippen LogP contribution in [-0.2, 0) is 5.41 Å². The molecule has 0 radical (unpaired) electrons. The maximum absolute atomic E-state index is 3.67. The maximum atomic E-state index is 3.67. The SMILES string of the molecule is Cc1cc(C)c(C)c(Nc2ccc(-c3ccc4c(c3)C(C)(C)c3ccccc3-4)cc2)c1C. The van der Waals surface area contributed by atoms with Crippen molar-refractivity contribution in [3.8, 4) is 22.3 Å². The van der Waals surface area contributed by atoms with Crippen LogP contribution >= 0.6 is 0 Å². The van der Waals surface area contributed by atoms with E-state index in [0.29, 0.717) is 0 Å². The number of hydrogen-bond acceptors (Lipinski definition) is 1. The Kier molecular flexibility index (Phi) is 4.74. The van der Waals surface area contributed by atoms with Crippen molar-refractivity contribution < 1.29 is 0 Å². The second-order valence-electron chi connectivity index (χ2n) is 9.77. The minimum absolute atomic E-state index is 0.0293. The topological polar surface area (TPSA) is 12.0 Å². The van der Waals surface area contributed by atoms with Crippen molar-refractivity contribution in [2.24, 2.45) is 0 Å². The van der Waals surface area contributed by atoms with Gasteiger partial charge in [0.1, 0.15) is 0 Å². The predicted octanol–water partition coefficient (Wildman–Crippen LogP) is 8.64. The smallest absolute Gasteiger partial charge is 0.0448 e. The van der Waals surface area contributed by atoms with Crippen LogP contribution in [0, 0.1) is 27.7 Å². The molecule has 1 aliphatic carbocycles.